The fourth-order valence-electron chi connectivity index (χ4n) is 0.799. The monoisotopic (exact) mass is 291 g/mol. The number of carbonyl (C=O) groups excluding carboxylic acids is 2. The second kappa shape index (κ2) is 5.09. The van der Waals surface area contributed by atoms with Crippen molar-refractivity contribution < 1.29 is 9.59 Å². The maximum atomic E-state index is 11.5. The van der Waals surface area contributed by atoms with Crippen molar-refractivity contribution >= 4 is 39.3 Å². The van der Waals surface area contributed by atoms with E-state index in [4.69, 9.17) is 11.6 Å². The molecule has 1 rings (SSSR count). The Kier molecular flexibility index (Phi) is 4.05. The van der Waals surface area contributed by atoms with Gasteiger partial charge in [0.25, 0.3) is 5.91 Å². The van der Waals surface area contributed by atoms with E-state index in [9.17, 15) is 9.59 Å². The summed E-state index contributed by atoms with van der Waals surface area (Å²) in [6.07, 6.45) is 1.41. The van der Waals surface area contributed by atoms with E-state index in [1.54, 1.807) is 0 Å². The molecule has 0 aromatic carbocycles. The first-order chi connectivity index (χ1) is 7.00. The number of amides is 2. The summed E-state index contributed by atoms with van der Waals surface area (Å²) in [4.78, 5) is 25.8. The van der Waals surface area contributed by atoms with E-state index < -0.39 is 5.91 Å². The van der Waals surface area contributed by atoms with Crippen molar-refractivity contribution in [1.82, 2.24) is 15.8 Å². The average molecular weight is 293 g/mol. The Labute approximate surface area is 99.3 Å². The third-order valence-corrected chi connectivity index (χ3v) is 2.26. The Morgan fingerprint density at radius 3 is 2.73 bits per heavy atom. The van der Waals surface area contributed by atoms with Crippen LogP contribution in [0.4, 0.5) is 0 Å². The minimum atomic E-state index is -0.471. The first-order valence-corrected chi connectivity index (χ1v) is 5.06. The predicted molar refractivity (Wildman–Crippen MR) is 58.2 cm³/mol. The van der Waals surface area contributed by atoms with Crippen LogP contribution in [0.5, 0.6) is 0 Å². The topological polar surface area (TPSA) is 71.1 Å². The van der Waals surface area contributed by atoms with Crippen LogP contribution in [-0.4, -0.2) is 16.8 Å². The van der Waals surface area contributed by atoms with E-state index in [1.165, 1.54) is 19.2 Å². The van der Waals surface area contributed by atoms with Gasteiger partial charge in [0.1, 0.15) is 5.15 Å². The van der Waals surface area contributed by atoms with Gasteiger partial charge in [-0.15, -0.1) is 0 Å². The highest BCUT2D eigenvalue weighted by molar-refractivity contribution is 9.10. The first kappa shape index (κ1) is 11.9. The van der Waals surface area contributed by atoms with E-state index in [2.05, 4.69) is 31.8 Å². The Morgan fingerprint density at radius 1 is 1.47 bits per heavy atom. The smallest absolute Gasteiger partial charge is 0.271 e. The lowest BCUT2D eigenvalue weighted by Crippen LogP contribution is -2.40. The third-order valence-electron chi connectivity index (χ3n) is 1.42. The summed E-state index contributed by atoms with van der Waals surface area (Å²) in [7, 11) is 0. The van der Waals surface area contributed by atoms with E-state index >= 15 is 0 Å². The van der Waals surface area contributed by atoms with Crippen molar-refractivity contribution in [3.8, 4) is 0 Å². The standard InChI is InChI=1S/C8H7BrClN3O2/c1-4(14)12-13-8(15)5-2-7(10)11-3-6(5)9/h2-3H,1H3,(H,12,14)(H,13,15). The van der Waals surface area contributed by atoms with Gasteiger partial charge in [0, 0.05) is 17.6 Å². The predicted octanol–water partition coefficient (Wildman–Crippen LogP) is 1.28. The summed E-state index contributed by atoms with van der Waals surface area (Å²) in [5.74, 6) is -0.832. The van der Waals surface area contributed by atoms with Crippen molar-refractivity contribution in [3.63, 3.8) is 0 Å². The van der Waals surface area contributed by atoms with Crippen LogP contribution in [0.25, 0.3) is 0 Å². The largest absolute Gasteiger partial charge is 0.274 e. The van der Waals surface area contributed by atoms with E-state index in [-0.39, 0.29) is 11.1 Å². The van der Waals surface area contributed by atoms with Crippen molar-refractivity contribution in [2.45, 2.75) is 6.92 Å². The highest BCUT2D eigenvalue weighted by Gasteiger charge is 2.11. The van der Waals surface area contributed by atoms with Gasteiger partial charge in [-0.1, -0.05) is 11.6 Å². The van der Waals surface area contributed by atoms with Crippen LogP contribution < -0.4 is 10.9 Å². The maximum Gasteiger partial charge on any atom is 0.271 e. The molecule has 0 saturated carbocycles. The SMILES string of the molecule is CC(=O)NNC(=O)c1cc(Cl)ncc1Br. The van der Waals surface area contributed by atoms with Crippen LogP contribution in [-0.2, 0) is 4.79 Å². The fraction of sp³-hybridized carbons (Fsp3) is 0.125. The number of nitrogens with one attached hydrogen (secondary N) is 2. The van der Waals surface area contributed by atoms with Crippen LogP contribution in [0.3, 0.4) is 0 Å². The first-order valence-electron chi connectivity index (χ1n) is 3.88. The summed E-state index contributed by atoms with van der Waals surface area (Å²) >= 11 is 8.77. The number of hydrazine groups is 1. The zero-order valence-electron chi connectivity index (χ0n) is 7.67. The molecular weight excluding hydrogens is 285 g/mol. The minimum absolute atomic E-state index is 0.200. The third kappa shape index (κ3) is 3.49. The second-order valence-electron chi connectivity index (χ2n) is 2.62. The zero-order chi connectivity index (χ0) is 11.4. The molecule has 80 valence electrons. The molecule has 0 unspecified atom stereocenters. The fourth-order valence-corrected chi connectivity index (χ4v) is 1.35. The van der Waals surface area contributed by atoms with Crippen molar-refractivity contribution in [2.75, 3.05) is 0 Å². The highest BCUT2D eigenvalue weighted by atomic mass is 79.9. The number of aromatic nitrogens is 1. The number of hydrogen-bond acceptors (Lipinski definition) is 3. The van der Waals surface area contributed by atoms with Gasteiger partial charge in [-0.2, -0.15) is 0 Å². The Balaban J connectivity index is 2.81. The summed E-state index contributed by atoms with van der Waals surface area (Å²) in [6.45, 7) is 1.29. The lowest BCUT2D eigenvalue weighted by Gasteiger charge is -2.06. The summed E-state index contributed by atoms with van der Waals surface area (Å²) < 4.78 is 0.495. The molecule has 0 fully saturated rings. The Morgan fingerprint density at radius 2 is 2.13 bits per heavy atom. The Bertz CT molecular complexity index is 411. The van der Waals surface area contributed by atoms with E-state index in [0.29, 0.717) is 10.0 Å². The van der Waals surface area contributed by atoms with Gasteiger partial charge in [0.15, 0.2) is 0 Å². The highest BCUT2D eigenvalue weighted by Crippen LogP contribution is 2.18. The van der Waals surface area contributed by atoms with Crippen LogP contribution in [0.15, 0.2) is 16.7 Å². The molecule has 1 aromatic rings. The molecule has 15 heavy (non-hydrogen) atoms. The molecule has 0 atom stereocenters. The van der Waals surface area contributed by atoms with Gasteiger partial charge in [0.2, 0.25) is 5.91 Å². The number of carbonyl (C=O) groups is 2. The van der Waals surface area contributed by atoms with Gasteiger partial charge in [-0.3, -0.25) is 20.4 Å². The molecule has 2 N–H and O–H groups in total. The van der Waals surface area contributed by atoms with Gasteiger partial charge in [-0.05, 0) is 22.0 Å². The maximum absolute atomic E-state index is 11.5. The number of pyridine rings is 1. The van der Waals surface area contributed by atoms with Gasteiger partial charge >= 0.3 is 0 Å². The molecule has 0 bridgehead atoms. The molecule has 1 heterocycles. The van der Waals surface area contributed by atoms with Crippen molar-refractivity contribution in [1.29, 1.82) is 0 Å². The molecule has 0 radical (unpaired) electrons. The van der Waals surface area contributed by atoms with Crippen molar-refractivity contribution in [2.24, 2.45) is 0 Å². The molecule has 7 heteroatoms. The van der Waals surface area contributed by atoms with Gasteiger partial charge in [-0.25, -0.2) is 4.98 Å². The van der Waals surface area contributed by atoms with E-state index in [1.807, 2.05) is 0 Å². The van der Waals surface area contributed by atoms with Crippen LogP contribution in [0.1, 0.15) is 17.3 Å². The lowest BCUT2D eigenvalue weighted by molar-refractivity contribution is -0.119. The van der Waals surface area contributed by atoms with Crippen LogP contribution in [0, 0.1) is 0 Å². The van der Waals surface area contributed by atoms with Crippen molar-refractivity contribution in [3.05, 3.63) is 27.5 Å². The summed E-state index contributed by atoms with van der Waals surface area (Å²) in [5.41, 5.74) is 4.67. The molecular formula is C8H7BrClN3O2. The molecule has 2 amide bonds. The molecule has 0 aliphatic heterocycles. The number of hydrogen-bond donors (Lipinski definition) is 2. The number of rotatable bonds is 1. The van der Waals surface area contributed by atoms with Gasteiger partial charge < -0.3 is 0 Å². The molecule has 5 nitrogen and oxygen atoms in total. The number of nitrogens with zero attached hydrogens (tertiary/aromatic N) is 1. The van der Waals surface area contributed by atoms with Gasteiger partial charge in [0.05, 0.1) is 5.56 Å². The Hall–Kier alpha value is -1.14. The zero-order valence-corrected chi connectivity index (χ0v) is 10.0. The quantitative estimate of drug-likeness (QED) is 0.605. The molecule has 0 aliphatic carbocycles. The normalized spacial score (nSPS) is 9.53. The van der Waals surface area contributed by atoms with Crippen LogP contribution in [0.2, 0.25) is 5.15 Å². The second-order valence-corrected chi connectivity index (χ2v) is 3.86. The lowest BCUT2D eigenvalue weighted by atomic mass is 10.2. The summed E-state index contributed by atoms with van der Waals surface area (Å²) in [5, 5.41) is 0.200. The molecule has 1 aromatic heterocycles. The minimum Gasteiger partial charge on any atom is -0.274 e. The molecule has 0 spiro atoms. The summed E-state index contributed by atoms with van der Waals surface area (Å²) in [6, 6.07) is 1.39. The molecule has 0 saturated heterocycles. The number of halogens is 2. The van der Waals surface area contributed by atoms with Crippen LogP contribution >= 0.6 is 27.5 Å². The van der Waals surface area contributed by atoms with E-state index in [0.717, 1.165) is 0 Å². The average Bonchev–Trinajstić information content (AvgIpc) is 2.18. The molecule has 0 aliphatic rings.